The molecule has 0 saturated heterocycles. The minimum absolute atomic E-state index is 0.106. The van der Waals surface area contributed by atoms with Gasteiger partial charge in [0.25, 0.3) is 0 Å². The second-order valence-electron chi connectivity index (χ2n) is 6.50. The average molecular weight is 311 g/mol. The molecule has 0 bridgehead atoms. The third kappa shape index (κ3) is 4.95. The quantitative estimate of drug-likeness (QED) is 0.867. The fraction of sp³-hybridized carbons (Fsp3) is 0.474. The van der Waals surface area contributed by atoms with E-state index >= 15 is 0 Å². The van der Waals surface area contributed by atoms with E-state index < -0.39 is 0 Å². The van der Waals surface area contributed by atoms with Crippen LogP contribution in [0.5, 0.6) is 0 Å². The molecular formula is C19H25N3O. The molecule has 0 radical (unpaired) electrons. The van der Waals surface area contributed by atoms with E-state index in [0.717, 1.165) is 24.6 Å². The lowest BCUT2D eigenvalue weighted by molar-refractivity contribution is -0.116. The van der Waals surface area contributed by atoms with Gasteiger partial charge in [-0.2, -0.15) is 5.10 Å². The van der Waals surface area contributed by atoms with Gasteiger partial charge in [-0.3, -0.25) is 9.48 Å². The van der Waals surface area contributed by atoms with Gasteiger partial charge < -0.3 is 5.32 Å². The summed E-state index contributed by atoms with van der Waals surface area (Å²) in [7, 11) is 0. The molecule has 0 aliphatic heterocycles. The van der Waals surface area contributed by atoms with Gasteiger partial charge in [0.1, 0.15) is 0 Å². The lowest BCUT2D eigenvalue weighted by Gasteiger charge is -2.20. The van der Waals surface area contributed by atoms with E-state index in [1.54, 1.807) is 6.20 Å². The van der Waals surface area contributed by atoms with Crippen molar-refractivity contribution < 1.29 is 4.79 Å². The fourth-order valence-electron chi connectivity index (χ4n) is 3.32. The van der Waals surface area contributed by atoms with Crippen LogP contribution in [0.2, 0.25) is 0 Å². The molecule has 0 spiro atoms. The smallest absolute Gasteiger partial charge is 0.224 e. The van der Waals surface area contributed by atoms with Gasteiger partial charge in [-0.1, -0.05) is 62.4 Å². The van der Waals surface area contributed by atoms with E-state index in [0.29, 0.717) is 6.42 Å². The third-order valence-corrected chi connectivity index (χ3v) is 4.61. The van der Waals surface area contributed by atoms with Crippen LogP contribution in [0.15, 0.2) is 42.7 Å². The summed E-state index contributed by atoms with van der Waals surface area (Å²) < 4.78 is 1.85. The molecule has 0 unspecified atom stereocenters. The number of nitrogens with one attached hydrogen (secondary N) is 1. The summed E-state index contributed by atoms with van der Waals surface area (Å²) in [6.07, 6.45) is 11.9. The van der Waals surface area contributed by atoms with Crippen LogP contribution in [-0.2, 0) is 11.3 Å². The summed E-state index contributed by atoms with van der Waals surface area (Å²) in [5.41, 5.74) is 1.99. The highest BCUT2D eigenvalue weighted by atomic mass is 16.1. The highest BCUT2D eigenvalue weighted by Crippen LogP contribution is 2.27. The van der Waals surface area contributed by atoms with E-state index in [4.69, 9.17) is 0 Å². The Morgan fingerprint density at radius 2 is 1.96 bits per heavy atom. The molecule has 0 atom stereocenters. The normalized spacial score (nSPS) is 15.5. The van der Waals surface area contributed by atoms with Crippen molar-refractivity contribution in [1.82, 2.24) is 9.78 Å². The molecule has 1 N–H and O–H groups in total. The lowest BCUT2D eigenvalue weighted by Crippen LogP contribution is -2.14. The maximum atomic E-state index is 12.1. The van der Waals surface area contributed by atoms with Crippen LogP contribution < -0.4 is 5.32 Å². The first-order chi connectivity index (χ1) is 11.3. The zero-order chi connectivity index (χ0) is 15.9. The standard InChI is InChI=1S/C19H25N3O/c23-19(12-11-16-7-3-1-4-8-16)21-18-13-20-22(15-18)14-17-9-5-2-6-10-17/h2,5-6,9-10,13,15-16H,1,3-4,7-8,11-12,14H2,(H,21,23). The lowest BCUT2D eigenvalue weighted by atomic mass is 9.86. The van der Waals surface area contributed by atoms with Crippen LogP contribution >= 0.6 is 0 Å². The third-order valence-electron chi connectivity index (χ3n) is 4.61. The van der Waals surface area contributed by atoms with E-state index in [1.165, 1.54) is 37.7 Å². The van der Waals surface area contributed by atoms with E-state index in [2.05, 4.69) is 22.5 Å². The van der Waals surface area contributed by atoms with Gasteiger partial charge in [-0.15, -0.1) is 0 Å². The molecule has 1 aliphatic rings. The van der Waals surface area contributed by atoms with Crippen molar-refractivity contribution in [3.8, 4) is 0 Å². The van der Waals surface area contributed by atoms with Gasteiger partial charge in [0, 0.05) is 12.6 Å². The second kappa shape index (κ2) is 7.95. The van der Waals surface area contributed by atoms with Gasteiger partial charge >= 0.3 is 0 Å². The Hall–Kier alpha value is -2.10. The Morgan fingerprint density at radius 1 is 1.17 bits per heavy atom. The first-order valence-corrected chi connectivity index (χ1v) is 8.66. The summed E-state index contributed by atoms with van der Waals surface area (Å²) >= 11 is 0. The predicted molar refractivity (Wildman–Crippen MR) is 92.2 cm³/mol. The van der Waals surface area contributed by atoms with Gasteiger partial charge in [-0.05, 0) is 17.9 Å². The molecule has 4 nitrogen and oxygen atoms in total. The van der Waals surface area contributed by atoms with Crippen molar-refractivity contribution in [2.75, 3.05) is 5.32 Å². The zero-order valence-electron chi connectivity index (χ0n) is 13.6. The van der Waals surface area contributed by atoms with Crippen molar-refractivity contribution in [2.24, 2.45) is 5.92 Å². The van der Waals surface area contributed by atoms with Crippen LogP contribution in [0.25, 0.3) is 0 Å². The number of carbonyl (C=O) groups is 1. The Balaban J connectivity index is 1.45. The molecule has 4 heteroatoms. The molecule has 1 aliphatic carbocycles. The number of hydrogen-bond acceptors (Lipinski definition) is 2. The first kappa shape index (κ1) is 15.8. The van der Waals surface area contributed by atoms with Gasteiger partial charge in [0.05, 0.1) is 18.4 Å². The van der Waals surface area contributed by atoms with Gasteiger partial charge in [0.15, 0.2) is 0 Å². The Kier molecular flexibility index (Phi) is 5.46. The number of rotatable bonds is 6. The second-order valence-corrected chi connectivity index (χ2v) is 6.50. The van der Waals surface area contributed by atoms with Crippen molar-refractivity contribution in [2.45, 2.75) is 51.5 Å². The minimum Gasteiger partial charge on any atom is -0.323 e. The van der Waals surface area contributed by atoms with Crippen molar-refractivity contribution in [3.63, 3.8) is 0 Å². The molecule has 1 aromatic carbocycles. The summed E-state index contributed by atoms with van der Waals surface area (Å²) in [6.45, 7) is 0.721. The number of nitrogens with zero attached hydrogens (tertiary/aromatic N) is 2. The van der Waals surface area contributed by atoms with Crippen LogP contribution in [-0.4, -0.2) is 15.7 Å². The topological polar surface area (TPSA) is 46.9 Å². The van der Waals surface area contributed by atoms with Crippen LogP contribution in [0.4, 0.5) is 5.69 Å². The Labute approximate surface area is 137 Å². The van der Waals surface area contributed by atoms with Crippen LogP contribution in [0.1, 0.15) is 50.5 Å². The maximum Gasteiger partial charge on any atom is 0.224 e. The number of anilines is 1. The van der Waals surface area contributed by atoms with Crippen molar-refractivity contribution in [3.05, 3.63) is 48.3 Å². The molecule has 3 rings (SSSR count). The number of amides is 1. The largest absolute Gasteiger partial charge is 0.323 e. The summed E-state index contributed by atoms with van der Waals surface area (Å²) in [4.78, 5) is 12.1. The Bertz CT molecular complexity index is 615. The van der Waals surface area contributed by atoms with E-state index in [9.17, 15) is 4.79 Å². The Morgan fingerprint density at radius 3 is 2.74 bits per heavy atom. The van der Waals surface area contributed by atoms with E-state index in [-0.39, 0.29) is 5.91 Å². The molecular weight excluding hydrogens is 286 g/mol. The molecule has 1 aromatic heterocycles. The molecule has 2 aromatic rings. The fourth-order valence-corrected chi connectivity index (χ4v) is 3.32. The van der Waals surface area contributed by atoms with Gasteiger partial charge in [0.2, 0.25) is 5.91 Å². The molecule has 1 saturated carbocycles. The SMILES string of the molecule is O=C(CCC1CCCCC1)Nc1cnn(Cc2ccccc2)c1. The number of carbonyl (C=O) groups excluding carboxylic acids is 1. The molecule has 1 fully saturated rings. The minimum atomic E-state index is 0.106. The maximum absolute atomic E-state index is 12.1. The number of aromatic nitrogens is 2. The molecule has 23 heavy (non-hydrogen) atoms. The monoisotopic (exact) mass is 311 g/mol. The van der Waals surface area contributed by atoms with Crippen LogP contribution in [0, 0.1) is 5.92 Å². The zero-order valence-corrected chi connectivity index (χ0v) is 13.6. The first-order valence-electron chi connectivity index (χ1n) is 8.66. The summed E-state index contributed by atoms with van der Waals surface area (Å²) in [5, 5.41) is 7.28. The van der Waals surface area contributed by atoms with Crippen LogP contribution in [0.3, 0.4) is 0 Å². The number of benzene rings is 1. The molecule has 1 amide bonds. The average Bonchev–Trinajstić information content (AvgIpc) is 3.02. The predicted octanol–water partition coefficient (Wildman–Crippen LogP) is 4.23. The summed E-state index contributed by atoms with van der Waals surface area (Å²) in [6, 6.07) is 10.2. The molecule has 1 heterocycles. The van der Waals surface area contributed by atoms with Crippen molar-refractivity contribution in [1.29, 1.82) is 0 Å². The van der Waals surface area contributed by atoms with Gasteiger partial charge in [-0.25, -0.2) is 0 Å². The number of hydrogen-bond donors (Lipinski definition) is 1. The van der Waals surface area contributed by atoms with E-state index in [1.807, 2.05) is 29.1 Å². The summed E-state index contributed by atoms with van der Waals surface area (Å²) in [5.74, 6) is 0.852. The van der Waals surface area contributed by atoms with Crippen molar-refractivity contribution >= 4 is 11.6 Å². The highest BCUT2D eigenvalue weighted by molar-refractivity contribution is 5.90. The molecule has 122 valence electrons. The highest BCUT2D eigenvalue weighted by Gasteiger charge is 2.15.